The van der Waals surface area contributed by atoms with Gasteiger partial charge in [-0.25, -0.2) is 0 Å². The summed E-state index contributed by atoms with van der Waals surface area (Å²) >= 11 is 1.34. The number of halogens is 2. The molecule has 0 bridgehead atoms. The van der Waals surface area contributed by atoms with Gasteiger partial charge in [-0.1, -0.05) is 12.1 Å². The normalized spacial score (nSPS) is 16.1. The first-order chi connectivity index (χ1) is 12.0. The molecule has 130 valence electrons. The van der Waals surface area contributed by atoms with Crippen LogP contribution in [0.25, 0.3) is 0 Å². The van der Waals surface area contributed by atoms with E-state index in [2.05, 4.69) is 15.4 Å². The average molecular weight is 364 g/mol. The quantitative estimate of drug-likeness (QED) is 0.848. The Bertz CT molecular complexity index is 784. The Morgan fingerprint density at radius 3 is 2.64 bits per heavy atom. The van der Waals surface area contributed by atoms with Crippen LogP contribution in [0.2, 0.25) is 0 Å². The van der Waals surface area contributed by atoms with Gasteiger partial charge in [0.1, 0.15) is 5.75 Å². The summed E-state index contributed by atoms with van der Waals surface area (Å²) in [5, 5.41) is 4.89. The maximum atomic E-state index is 12.1. The molecule has 2 aromatic carbocycles. The Morgan fingerprint density at radius 1 is 1.20 bits per heavy atom. The molecule has 0 fully saturated rings. The minimum absolute atomic E-state index is 0.000119. The highest BCUT2D eigenvalue weighted by Gasteiger charge is 2.28. The Labute approximate surface area is 146 Å². The van der Waals surface area contributed by atoms with E-state index in [4.69, 9.17) is 0 Å². The van der Waals surface area contributed by atoms with Crippen LogP contribution in [0, 0.1) is 0 Å². The van der Waals surface area contributed by atoms with Crippen molar-refractivity contribution < 1.29 is 23.1 Å². The van der Waals surface area contributed by atoms with E-state index in [0.717, 1.165) is 10.6 Å². The van der Waals surface area contributed by atoms with E-state index in [1.807, 2.05) is 18.2 Å². The lowest BCUT2D eigenvalue weighted by atomic mass is 10.2. The van der Waals surface area contributed by atoms with E-state index in [1.54, 1.807) is 6.07 Å². The van der Waals surface area contributed by atoms with Gasteiger partial charge in [-0.3, -0.25) is 9.59 Å². The van der Waals surface area contributed by atoms with Crippen LogP contribution in [0.4, 0.5) is 20.2 Å². The molecule has 1 unspecified atom stereocenters. The fourth-order valence-electron chi connectivity index (χ4n) is 2.33. The Hall–Kier alpha value is -2.61. The van der Waals surface area contributed by atoms with Crippen LogP contribution in [-0.2, 0) is 9.59 Å². The highest BCUT2D eigenvalue weighted by molar-refractivity contribution is 8.01. The number of para-hydroxylation sites is 1. The third kappa shape index (κ3) is 4.48. The number of nitrogens with one attached hydrogen (secondary N) is 2. The molecule has 3 rings (SSSR count). The predicted octanol–water partition coefficient (Wildman–Crippen LogP) is 3.73. The summed E-state index contributed by atoms with van der Waals surface area (Å²) in [5.41, 5.74) is 1.18. The summed E-state index contributed by atoms with van der Waals surface area (Å²) in [5.74, 6) is -0.555. The van der Waals surface area contributed by atoms with E-state index in [1.165, 1.54) is 36.0 Å². The van der Waals surface area contributed by atoms with Crippen molar-refractivity contribution in [2.45, 2.75) is 23.2 Å². The maximum Gasteiger partial charge on any atom is 0.387 e. The topological polar surface area (TPSA) is 67.4 Å². The number of hydrogen-bond acceptors (Lipinski definition) is 4. The molecule has 1 atom stereocenters. The molecule has 0 saturated carbocycles. The minimum atomic E-state index is -2.90. The summed E-state index contributed by atoms with van der Waals surface area (Å²) in [6, 6.07) is 13.0. The van der Waals surface area contributed by atoms with Crippen molar-refractivity contribution in [1.29, 1.82) is 0 Å². The van der Waals surface area contributed by atoms with Gasteiger partial charge >= 0.3 is 6.61 Å². The zero-order chi connectivity index (χ0) is 17.8. The summed E-state index contributed by atoms with van der Waals surface area (Å²) < 4.78 is 28.4. The molecule has 0 radical (unpaired) electrons. The first-order valence-electron chi connectivity index (χ1n) is 7.42. The number of alkyl halides is 2. The minimum Gasteiger partial charge on any atom is -0.435 e. The van der Waals surface area contributed by atoms with Crippen LogP contribution in [0.15, 0.2) is 53.4 Å². The van der Waals surface area contributed by atoms with Gasteiger partial charge in [0.25, 0.3) is 0 Å². The van der Waals surface area contributed by atoms with Crippen LogP contribution in [0.5, 0.6) is 5.75 Å². The van der Waals surface area contributed by atoms with Crippen LogP contribution in [-0.4, -0.2) is 23.7 Å². The van der Waals surface area contributed by atoms with Crippen molar-refractivity contribution >= 4 is 35.0 Å². The fraction of sp³-hybridized carbons (Fsp3) is 0.176. The second kappa shape index (κ2) is 7.52. The largest absolute Gasteiger partial charge is 0.435 e. The first kappa shape index (κ1) is 17.2. The number of carbonyl (C=O) groups is 2. The number of fused-ring (bicyclic) bond motifs is 1. The summed E-state index contributed by atoms with van der Waals surface area (Å²) in [7, 11) is 0. The molecule has 5 nitrogen and oxygen atoms in total. The first-order valence-corrected chi connectivity index (χ1v) is 8.30. The fourth-order valence-corrected chi connectivity index (χ4v) is 3.44. The van der Waals surface area contributed by atoms with E-state index in [9.17, 15) is 18.4 Å². The molecule has 0 aliphatic carbocycles. The van der Waals surface area contributed by atoms with E-state index < -0.39 is 11.9 Å². The molecule has 2 N–H and O–H groups in total. The number of benzene rings is 2. The molecule has 1 aliphatic rings. The number of carbonyl (C=O) groups excluding carboxylic acids is 2. The molecule has 8 heteroatoms. The molecule has 25 heavy (non-hydrogen) atoms. The molecular formula is C17H14F2N2O3S. The van der Waals surface area contributed by atoms with Gasteiger partial charge in [0, 0.05) is 17.0 Å². The monoisotopic (exact) mass is 364 g/mol. The smallest absolute Gasteiger partial charge is 0.387 e. The molecule has 1 heterocycles. The van der Waals surface area contributed by atoms with Crippen LogP contribution in [0.3, 0.4) is 0 Å². The molecule has 2 aromatic rings. The lowest BCUT2D eigenvalue weighted by molar-refractivity contribution is -0.120. The lowest BCUT2D eigenvalue weighted by Crippen LogP contribution is -2.32. The average Bonchev–Trinajstić information content (AvgIpc) is 2.57. The molecular weight excluding hydrogens is 350 g/mol. The highest BCUT2D eigenvalue weighted by Crippen LogP contribution is 2.36. The van der Waals surface area contributed by atoms with E-state index in [0.29, 0.717) is 5.69 Å². The third-order valence-electron chi connectivity index (χ3n) is 3.44. The van der Waals surface area contributed by atoms with E-state index in [-0.39, 0.29) is 24.0 Å². The number of rotatable bonds is 5. The number of hydrogen-bond donors (Lipinski definition) is 2. The van der Waals surface area contributed by atoms with Crippen molar-refractivity contribution in [2.75, 3.05) is 10.6 Å². The molecule has 0 spiro atoms. The van der Waals surface area contributed by atoms with Gasteiger partial charge < -0.3 is 15.4 Å². The summed E-state index contributed by atoms with van der Waals surface area (Å²) in [4.78, 5) is 25.1. The van der Waals surface area contributed by atoms with Crippen molar-refractivity contribution in [3.05, 3.63) is 48.5 Å². The van der Waals surface area contributed by atoms with Gasteiger partial charge in [-0.05, 0) is 36.4 Å². The van der Waals surface area contributed by atoms with E-state index >= 15 is 0 Å². The lowest BCUT2D eigenvalue weighted by Gasteiger charge is -2.23. The Morgan fingerprint density at radius 2 is 1.92 bits per heavy atom. The number of anilines is 2. The second-order valence-corrected chi connectivity index (χ2v) is 6.49. The second-order valence-electron chi connectivity index (χ2n) is 5.25. The zero-order valence-electron chi connectivity index (χ0n) is 12.9. The molecule has 0 saturated heterocycles. The molecule has 1 aliphatic heterocycles. The van der Waals surface area contributed by atoms with Crippen LogP contribution >= 0.6 is 11.8 Å². The Kier molecular flexibility index (Phi) is 5.18. The zero-order valence-corrected chi connectivity index (χ0v) is 13.7. The van der Waals surface area contributed by atoms with Crippen molar-refractivity contribution in [3.63, 3.8) is 0 Å². The Balaban J connectivity index is 1.58. The molecule has 0 aromatic heterocycles. The molecule has 2 amide bonds. The number of amides is 2. The van der Waals surface area contributed by atoms with Gasteiger partial charge in [0.15, 0.2) is 0 Å². The van der Waals surface area contributed by atoms with Gasteiger partial charge in [-0.15, -0.1) is 11.8 Å². The van der Waals surface area contributed by atoms with Crippen molar-refractivity contribution in [1.82, 2.24) is 0 Å². The predicted molar refractivity (Wildman–Crippen MR) is 91.0 cm³/mol. The maximum absolute atomic E-state index is 12.1. The van der Waals surface area contributed by atoms with Gasteiger partial charge in [0.05, 0.1) is 10.9 Å². The highest BCUT2D eigenvalue weighted by atomic mass is 32.2. The summed E-state index contributed by atoms with van der Waals surface area (Å²) in [6.07, 6.45) is 0.000119. The van der Waals surface area contributed by atoms with Crippen molar-refractivity contribution in [2.24, 2.45) is 0 Å². The summed E-state index contributed by atoms with van der Waals surface area (Å²) in [6.45, 7) is -2.90. The standard InChI is InChI=1S/C17H14F2N2O3S/c18-17(19)24-11-7-5-10(6-8-11)20-15(22)9-14-16(23)21-12-3-1-2-4-13(12)25-14/h1-8,14,17H,9H2,(H,20,22)(H,21,23). The van der Waals surface area contributed by atoms with Gasteiger partial charge in [0.2, 0.25) is 11.8 Å². The number of ether oxygens (including phenoxy) is 1. The SMILES string of the molecule is O=C(CC1Sc2ccccc2NC1=O)Nc1ccc(OC(F)F)cc1. The third-order valence-corrected chi connectivity index (χ3v) is 4.72. The van der Waals surface area contributed by atoms with Crippen molar-refractivity contribution in [3.8, 4) is 5.75 Å². The van der Waals surface area contributed by atoms with Crippen LogP contribution in [0.1, 0.15) is 6.42 Å². The van der Waals surface area contributed by atoms with Gasteiger partial charge in [-0.2, -0.15) is 8.78 Å². The van der Waals surface area contributed by atoms with Crippen LogP contribution < -0.4 is 15.4 Å². The number of thioether (sulfide) groups is 1.